The minimum Gasteiger partial charge on any atom is -0.497 e. The van der Waals surface area contributed by atoms with E-state index in [4.69, 9.17) is 4.74 Å². The Bertz CT molecular complexity index is 1250. The van der Waals surface area contributed by atoms with E-state index in [9.17, 15) is 19.6 Å². The fourth-order valence-corrected chi connectivity index (χ4v) is 3.41. The first-order chi connectivity index (χ1) is 14.9. The second kappa shape index (κ2) is 7.84. The smallest absolute Gasteiger partial charge is 0.323 e. The van der Waals surface area contributed by atoms with Crippen LogP contribution in [0.2, 0.25) is 0 Å². The van der Waals surface area contributed by atoms with Crippen LogP contribution < -0.4 is 15.4 Å². The molecule has 0 aliphatic carbocycles. The molecule has 0 unspecified atom stereocenters. The van der Waals surface area contributed by atoms with E-state index >= 15 is 0 Å². The summed E-state index contributed by atoms with van der Waals surface area (Å²) in [5, 5.41) is 19.6. The van der Waals surface area contributed by atoms with Gasteiger partial charge in [0.1, 0.15) is 12.3 Å². The molecule has 1 aliphatic rings. The molecule has 2 heterocycles. The van der Waals surface area contributed by atoms with Gasteiger partial charge in [0.15, 0.2) is 5.88 Å². The molecule has 0 bridgehead atoms. The zero-order chi connectivity index (χ0) is 22.0. The Morgan fingerprint density at radius 1 is 1.19 bits per heavy atom. The molecule has 0 saturated carbocycles. The number of ether oxygens (including phenoxy) is 1. The lowest BCUT2D eigenvalue weighted by Gasteiger charge is -2.20. The highest BCUT2D eigenvalue weighted by molar-refractivity contribution is 6.09. The van der Waals surface area contributed by atoms with Crippen LogP contribution in [-0.2, 0) is 17.9 Å². The number of nitrogens with one attached hydrogen (secondary N) is 2. The number of imide groups is 1. The van der Waals surface area contributed by atoms with Gasteiger partial charge < -0.3 is 19.7 Å². The zero-order valence-electron chi connectivity index (χ0n) is 16.5. The van der Waals surface area contributed by atoms with Gasteiger partial charge >= 0.3 is 6.03 Å². The third-order valence-corrected chi connectivity index (χ3v) is 5.04. The fraction of sp³-hybridized carbons (Fsp3) is 0.182. The van der Waals surface area contributed by atoms with Gasteiger partial charge in [-0.1, -0.05) is 29.2 Å². The number of nitrogens with zero attached hydrogens (tertiary/aromatic N) is 2. The van der Waals surface area contributed by atoms with E-state index in [1.54, 1.807) is 48.7 Å². The summed E-state index contributed by atoms with van der Waals surface area (Å²) in [6.45, 7) is -0.0467. The zero-order valence-corrected chi connectivity index (χ0v) is 16.5. The summed E-state index contributed by atoms with van der Waals surface area (Å²) in [4.78, 5) is 34.9. The average Bonchev–Trinajstić information content (AvgIpc) is 3.22. The average molecular weight is 418 g/mol. The van der Waals surface area contributed by atoms with Gasteiger partial charge in [0.2, 0.25) is 5.54 Å². The van der Waals surface area contributed by atoms with Gasteiger partial charge in [0, 0.05) is 22.5 Å². The second-order valence-electron chi connectivity index (χ2n) is 7.08. The molecule has 156 valence electrons. The molecule has 1 atom stereocenters. The number of urea groups is 1. The van der Waals surface area contributed by atoms with Crippen LogP contribution in [-0.4, -0.2) is 34.3 Å². The Hall–Kier alpha value is -4.32. The highest BCUT2D eigenvalue weighted by Gasteiger charge is 2.46. The maximum atomic E-state index is 12.6. The van der Waals surface area contributed by atoms with Crippen LogP contribution in [0, 0.1) is 16.7 Å². The summed E-state index contributed by atoms with van der Waals surface area (Å²) in [6.07, 6.45) is 1.67. The van der Waals surface area contributed by atoms with Crippen LogP contribution in [0.25, 0.3) is 10.8 Å². The second-order valence-corrected chi connectivity index (χ2v) is 7.08. The van der Waals surface area contributed by atoms with Crippen LogP contribution in [0.1, 0.15) is 11.1 Å². The lowest BCUT2D eigenvalue weighted by molar-refractivity contribution is -0.122. The number of amides is 3. The third-order valence-electron chi connectivity index (χ3n) is 5.04. The van der Waals surface area contributed by atoms with E-state index < -0.39 is 17.5 Å². The number of rotatable bonds is 5. The Morgan fingerprint density at radius 2 is 1.97 bits per heavy atom. The molecule has 9 heteroatoms. The van der Waals surface area contributed by atoms with Crippen molar-refractivity contribution in [2.45, 2.75) is 18.6 Å². The summed E-state index contributed by atoms with van der Waals surface area (Å²) in [7, 11) is 1.53. The van der Waals surface area contributed by atoms with E-state index in [2.05, 4.69) is 27.7 Å². The SMILES string of the molecule is COc1ccc2cn(C[C@@]3(C#Cc4ccc(CN=O)cc4)NC(=O)NC3=O)c(O)c2c1. The summed E-state index contributed by atoms with van der Waals surface area (Å²) < 4.78 is 6.66. The van der Waals surface area contributed by atoms with Gasteiger partial charge in [-0.15, -0.1) is 0 Å². The highest BCUT2D eigenvalue weighted by atomic mass is 16.5. The molecular weight excluding hydrogens is 400 g/mol. The largest absolute Gasteiger partial charge is 0.497 e. The van der Waals surface area contributed by atoms with Crippen molar-refractivity contribution >= 4 is 22.7 Å². The van der Waals surface area contributed by atoms with Gasteiger partial charge in [-0.25, -0.2) is 4.79 Å². The molecule has 4 rings (SSSR count). The Labute approximate surface area is 177 Å². The molecule has 0 spiro atoms. The number of methoxy groups -OCH3 is 1. The Balaban J connectivity index is 1.70. The van der Waals surface area contributed by atoms with Crippen LogP contribution in [0.3, 0.4) is 0 Å². The minimum atomic E-state index is -1.57. The van der Waals surface area contributed by atoms with Crippen LogP contribution >= 0.6 is 0 Å². The van der Waals surface area contributed by atoms with Crippen molar-refractivity contribution in [3.8, 4) is 23.5 Å². The highest BCUT2D eigenvalue weighted by Crippen LogP contribution is 2.32. The molecule has 2 aromatic carbocycles. The van der Waals surface area contributed by atoms with Crippen LogP contribution in [0.5, 0.6) is 11.6 Å². The maximum Gasteiger partial charge on any atom is 0.323 e. The molecule has 1 fully saturated rings. The summed E-state index contributed by atoms with van der Waals surface area (Å²) in [5.74, 6) is 5.63. The predicted octanol–water partition coefficient (Wildman–Crippen LogP) is 2.25. The standard InChI is InChI=1S/C22H18N4O5/c1-31-17-7-6-16-12-26(19(27)18(16)10-17)13-22(20(28)24-21(29)25-22)9-8-14-2-4-15(5-3-14)11-23-30/h2-7,10,12,27H,11,13H2,1H3,(H2,24,25,28,29)/t22-/m1/s1. The molecule has 1 saturated heterocycles. The quantitative estimate of drug-likeness (QED) is 0.333. The van der Waals surface area contributed by atoms with E-state index in [-0.39, 0.29) is 19.0 Å². The maximum absolute atomic E-state index is 12.6. The lowest BCUT2D eigenvalue weighted by Crippen LogP contribution is -2.49. The number of aromatic nitrogens is 1. The van der Waals surface area contributed by atoms with Crippen molar-refractivity contribution in [2.24, 2.45) is 5.18 Å². The van der Waals surface area contributed by atoms with Crippen molar-refractivity contribution < 1.29 is 19.4 Å². The van der Waals surface area contributed by atoms with Crippen LogP contribution in [0.15, 0.2) is 53.8 Å². The Kier molecular flexibility index (Phi) is 5.05. The van der Waals surface area contributed by atoms with Crippen molar-refractivity contribution in [1.29, 1.82) is 0 Å². The molecular formula is C22H18N4O5. The van der Waals surface area contributed by atoms with Crippen molar-refractivity contribution in [3.05, 3.63) is 64.7 Å². The first-order valence-corrected chi connectivity index (χ1v) is 9.35. The minimum absolute atomic E-state index is 0.0569. The topological polar surface area (TPSA) is 122 Å². The van der Waals surface area contributed by atoms with Gasteiger partial charge in [0.05, 0.1) is 13.7 Å². The number of benzene rings is 2. The molecule has 0 radical (unpaired) electrons. The summed E-state index contributed by atoms with van der Waals surface area (Å²) in [5.41, 5.74) is -0.243. The predicted molar refractivity (Wildman–Crippen MR) is 112 cm³/mol. The van der Waals surface area contributed by atoms with Gasteiger partial charge in [-0.05, 0) is 35.9 Å². The van der Waals surface area contributed by atoms with E-state index in [1.807, 2.05) is 0 Å². The normalized spacial score (nSPS) is 17.6. The number of carbonyl (C=O) groups is 2. The van der Waals surface area contributed by atoms with Crippen molar-refractivity contribution in [2.75, 3.05) is 7.11 Å². The monoisotopic (exact) mass is 418 g/mol. The van der Waals surface area contributed by atoms with E-state index in [0.717, 1.165) is 10.9 Å². The van der Waals surface area contributed by atoms with Crippen LogP contribution in [0.4, 0.5) is 4.79 Å². The summed E-state index contributed by atoms with van der Waals surface area (Å²) in [6, 6.07) is 11.4. The molecule has 31 heavy (non-hydrogen) atoms. The van der Waals surface area contributed by atoms with Crippen molar-refractivity contribution in [1.82, 2.24) is 15.2 Å². The molecule has 3 N–H and O–H groups in total. The first kappa shape index (κ1) is 20.0. The molecule has 9 nitrogen and oxygen atoms in total. The van der Waals surface area contributed by atoms with E-state index in [0.29, 0.717) is 16.7 Å². The van der Waals surface area contributed by atoms with Gasteiger partial charge in [0.25, 0.3) is 5.91 Å². The fourth-order valence-electron chi connectivity index (χ4n) is 3.41. The molecule has 3 amide bonds. The molecule has 3 aromatic rings. The van der Waals surface area contributed by atoms with Crippen molar-refractivity contribution in [3.63, 3.8) is 0 Å². The first-order valence-electron chi connectivity index (χ1n) is 9.35. The number of hydrogen-bond acceptors (Lipinski definition) is 6. The third kappa shape index (κ3) is 3.79. The molecule has 1 aromatic heterocycles. The van der Waals surface area contributed by atoms with Gasteiger partial charge in [-0.2, -0.15) is 4.91 Å². The number of hydrogen-bond donors (Lipinski definition) is 3. The number of fused-ring (bicyclic) bond motifs is 1. The van der Waals surface area contributed by atoms with Gasteiger partial charge in [-0.3, -0.25) is 10.1 Å². The lowest BCUT2D eigenvalue weighted by atomic mass is 9.99. The number of aromatic hydroxyl groups is 1. The molecule has 1 aliphatic heterocycles. The summed E-state index contributed by atoms with van der Waals surface area (Å²) >= 11 is 0. The Morgan fingerprint density at radius 3 is 2.61 bits per heavy atom. The van der Waals surface area contributed by atoms with E-state index in [1.165, 1.54) is 11.7 Å². The number of carbonyl (C=O) groups excluding carboxylic acids is 2. The number of nitroso groups, excluding NO2 is 1.